The smallest absolute Gasteiger partial charge is 0.390 e. The van der Waals surface area contributed by atoms with Crippen molar-refractivity contribution in [2.45, 2.75) is 12.5 Å². The average Bonchev–Trinajstić information content (AvgIpc) is 2.17. The fourth-order valence-electron chi connectivity index (χ4n) is 1.40. The second kappa shape index (κ2) is 7.01. The molecule has 11 N–H and O–H groups in total. The molecule has 138 valence electrons. The highest BCUT2D eigenvalue weighted by Gasteiger charge is 2.70. The zero-order chi connectivity index (χ0) is 18.2. The lowest BCUT2D eigenvalue weighted by atomic mass is 10.5. The molecule has 0 amide bonds. The van der Waals surface area contributed by atoms with Crippen molar-refractivity contribution in [2.24, 2.45) is 5.73 Å². The van der Waals surface area contributed by atoms with Crippen molar-refractivity contribution < 1.29 is 63.7 Å². The average molecular weight is 432 g/mol. The maximum Gasteiger partial charge on any atom is 0.662 e. The summed E-state index contributed by atoms with van der Waals surface area (Å²) in [5.41, 5.74) is 5.16. The van der Waals surface area contributed by atoms with E-state index in [0.29, 0.717) is 0 Å². The molecule has 0 aliphatic carbocycles. The van der Waals surface area contributed by atoms with Crippen LogP contribution in [0.2, 0.25) is 6.04 Å². The van der Waals surface area contributed by atoms with Gasteiger partial charge in [0.05, 0.1) is 0 Å². The summed E-state index contributed by atoms with van der Waals surface area (Å²) >= 11 is 0. The molecular formula is C3H17NO14Si5. The molecule has 1 heterocycles. The second-order valence-electron chi connectivity index (χ2n) is 4.31. The highest BCUT2D eigenvalue weighted by Crippen LogP contribution is 2.25. The van der Waals surface area contributed by atoms with E-state index in [1.54, 1.807) is 0 Å². The fourth-order valence-corrected chi connectivity index (χ4v) is 12.8. The van der Waals surface area contributed by atoms with Gasteiger partial charge in [-0.05, 0) is 13.0 Å². The summed E-state index contributed by atoms with van der Waals surface area (Å²) in [6.07, 6.45) is 0.0294. The first-order valence-electron chi connectivity index (χ1n) is 5.82. The highest BCUT2D eigenvalue weighted by atomic mass is 28.6. The molecule has 1 rings (SSSR count). The van der Waals surface area contributed by atoms with E-state index in [9.17, 15) is 43.2 Å². The quantitative estimate of drug-likeness (QED) is 0.181. The van der Waals surface area contributed by atoms with Gasteiger partial charge in [-0.1, -0.05) is 0 Å². The van der Waals surface area contributed by atoms with Gasteiger partial charge in [0.2, 0.25) is 0 Å². The number of rotatable bonds is 5. The van der Waals surface area contributed by atoms with Crippen LogP contribution < -0.4 is 5.73 Å². The predicted octanol–water partition coefficient (Wildman–Crippen LogP) is -6.96. The lowest BCUT2D eigenvalue weighted by molar-refractivity contribution is -0.0480. The normalized spacial score (nSPS) is 26.3. The molecule has 1 aliphatic rings. The largest absolute Gasteiger partial charge is 0.662 e. The lowest BCUT2D eigenvalue weighted by Crippen LogP contribution is -2.74. The van der Waals surface area contributed by atoms with Crippen LogP contribution in [0.1, 0.15) is 6.42 Å². The van der Waals surface area contributed by atoms with Gasteiger partial charge in [0.15, 0.2) is 0 Å². The Morgan fingerprint density at radius 2 is 1.17 bits per heavy atom. The molecule has 20 heteroatoms. The maximum atomic E-state index is 9.93. The van der Waals surface area contributed by atoms with E-state index in [2.05, 4.69) is 20.6 Å². The molecule has 0 aromatic heterocycles. The van der Waals surface area contributed by atoms with Gasteiger partial charge >= 0.3 is 45.0 Å². The zero-order valence-electron chi connectivity index (χ0n) is 11.3. The van der Waals surface area contributed by atoms with Crippen LogP contribution in [-0.4, -0.2) is 94.7 Å². The lowest BCUT2D eigenvalue weighted by Gasteiger charge is -2.37. The third-order valence-electron chi connectivity index (χ3n) is 2.05. The van der Waals surface area contributed by atoms with Crippen LogP contribution in [0.15, 0.2) is 0 Å². The molecule has 0 spiro atoms. The Morgan fingerprint density at radius 1 is 0.783 bits per heavy atom. The third kappa shape index (κ3) is 7.49. The topological polar surface area (TPSA) is 254 Å². The zero-order valence-corrected chi connectivity index (χ0v) is 16.3. The molecule has 1 aliphatic heterocycles. The van der Waals surface area contributed by atoms with E-state index >= 15 is 0 Å². The Balaban J connectivity index is 3.02. The molecule has 1 fully saturated rings. The summed E-state index contributed by atoms with van der Waals surface area (Å²) in [6.45, 7) is 0.0215. The minimum absolute atomic E-state index is 0.0215. The van der Waals surface area contributed by atoms with Gasteiger partial charge in [0.25, 0.3) is 0 Å². The summed E-state index contributed by atoms with van der Waals surface area (Å²) in [5, 5.41) is 0. The molecule has 0 aromatic carbocycles. The standard InChI is InChI=1S/C3H17NO14Si5/c4-2-1-3-19(5,6)14-23(13)17-21(9,10)15-20(7,8)16-22(11,12)18-23/h5-13H,1-4H2. The van der Waals surface area contributed by atoms with E-state index in [1.807, 2.05) is 0 Å². The van der Waals surface area contributed by atoms with Gasteiger partial charge in [0.1, 0.15) is 0 Å². The second-order valence-corrected chi connectivity index (χ2v) is 14.7. The van der Waals surface area contributed by atoms with Crippen molar-refractivity contribution in [2.75, 3.05) is 6.54 Å². The monoisotopic (exact) mass is 431 g/mol. The highest BCUT2D eigenvalue weighted by molar-refractivity contribution is 6.83. The summed E-state index contributed by atoms with van der Waals surface area (Å²) in [7, 11) is -26.9. The van der Waals surface area contributed by atoms with Crippen molar-refractivity contribution in [1.29, 1.82) is 0 Å². The van der Waals surface area contributed by atoms with Gasteiger partial charge in [-0.15, -0.1) is 0 Å². The molecule has 1 saturated heterocycles. The third-order valence-corrected chi connectivity index (χ3v) is 13.8. The van der Waals surface area contributed by atoms with Crippen molar-refractivity contribution in [3.05, 3.63) is 0 Å². The first kappa shape index (κ1) is 21.5. The summed E-state index contributed by atoms with van der Waals surface area (Å²) in [5.74, 6) is 0. The van der Waals surface area contributed by atoms with Crippen LogP contribution in [-0.2, 0) is 20.6 Å². The number of nitrogens with two attached hydrogens (primary N) is 1. The molecule has 0 unspecified atom stereocenters. The number of hydrogen-bond acceptors (Lipinski definition) is 15. The van der Waals surface area contributed by atoms with E-state index in [-0.39, 0.29) is 13.0 Å². The summed E-state index contributed by atoms with van der Waals surface area (Å²) in [6, 6.07) is -0.469. The van der Waals surface area contributed by atoms with Gasteiger partial charge in [-0.3, -0.25) is 0 Å². The van der Waals surface area contributed by atoms with Crippen LogP contribution in [0.4, 0.5) is 0 Å². The summed E-state index contributed by atoms with van der Waals surface area (Å²) < 4.78 is 20.6. The van der Waals surface area contributed by atoms with Crippen LogP contribution in [0.5, 0.6) is 0 Å². The maximum absolute atomic E-state index is 9.93. The van der Waals surface area contributed by atoms with Crippen molar-refractivity contribution in [3.63, 3.8) is 0 Å². The molecule has 0 radical (unpaired) electrons. The SMILES string of the molecule is NCCC[Si](O)(O)O[Si]1(O)O[Si](O)(O)O[Si](O)(O)O[Si](O)(O)O1. The Morgan fingerprint density at radius 3 is 1.57 bits per heavy atom. The predicted molar refractivity (Wildman–Crippen MR) is 72.6 cm³/mol. The minimum atomic E-state index is -5.56. The van der Waals surface area contributed by atoms with E-state index in [4.69, 9.17) is 5.73 Å². The number of hydrogen-bond donors (Lipinski definition) is 10. The molecule has 0 bridgehead atoms. The van der Waals surface area contributed by atoms with Gasteiger partial charge < -0.3 is 69.5 Å². The first-order valence-corrected chi connectivity index (χ1v) is 14.6. The van der Waals surface area contributed by atoms with E-state index in [1.165, 1.54) is 0 Å². The van der Waals surface area contributed by atoms with Crippen molar-refractivity contribution >= 4 is 45.0 Å². The molecule has 23 heavy (non-hydrogen) atoms. The van der Waals surface area contributed by atoms with Crippen LogP contribution in [0.3, 0.4) is 0 Å². The van der Waals surface area contributed by atoms with Gasteiger partial charge in [-0.2, -0.15) is 0 Å². The van der Waals surface area contributed by atoms with Crippen LogP contribution in [0.25, 0.3) is 0 Å². The Bertz CT molecular complexity index is 393. The van der Waals surface area contributed by atoms with Crippen molar-refractivity contribution in [1.82, 2.24) is 0 Å². The van der Waals surface area contributed by atoms with Crippen LogP contribution >= 0.6 is 0 Å². The van der Waals surface area contributed by atoms with Crippen molar-refractivity contribution in [3.8, 4) is 0 Å². The first-order chi connectivity index (χ1) is 10.1. The molecular weight excluding hydrogens is 414 g/mol. The fraction of sp³-hybridized carbons (Fsp3) is 1.00. The van der Waals surface area contributed by atoms with Gasteiger partial charge in [0, 0.05) is 6.04 Å². The van der Waals surface area contributed by atoms with Crippen LogP contribution in [0, 0.1) is 0 Å². The van der Waals surface area contributed by atoms with E-state index < -0.39 is 51.0 Å². The molecule has 0 atom stereocenters. The Hall–Kier alpha value is 0.484. The minimum Gasteiger partial charge on any atom is -0.390 e. The Labute approximate surface area is 134 Å². The molecule has 0 saturated carbocycles. The molecule has 0 aromatic rings. The Kier molecular flexibility index (Phi) is 6.56. The van der Waals surface area contributed by atoms with Gasteiger partial charge in [-0.25, -0.2) is 0 Å². The summed E-state index contributed by atoms with van der Waals surface area (Å²) in [4.78, 5) is 85.1. The molecule has 15 nitrogen and oxygen atoms in total. The van der Waals surface area contributed by atoms with E-state index in [0.717, 1.165) is 0 Å².